The van der Waals surface area contributed by atoms with Crippen LogP contribution in [0.2, 0.25) is 0 Å². The number of benzene rings is 1. The van der Waals surface area contributed by atoms with Crippen molar-refractivity contribution in [2.24, 2.45) is 0 Å². The first-order valence-electron chi connectivity index (χ1n) is 7.20. The SMILES string of the molecule is CCNC(c1cc(C)ccc1F)C1(C)CCCCO1. The second-order valence-electron chi connectivity index (χ2n) is 5.63. The quantitative estimate of drug-likeness (QED) is 0.895. The van der Waals surface area contributed by atoms with Crippen molar-refractivity contribution >= 4 is 0 Å². The fourth-order valence-electron chi connectivity index (χ4n) is 2.93. The summed E-state index contributed by atoms with van der Waals surface area (Å²) in [6, 6.07) is 5.22. The van der Waals surface area contributed by atoms with Crippen LogP contribution < -0.4 is 5.32 Å². The van der Waals surface area contributed by atoms with Crippen LogP contribution in [0.3, 0.4) is 0 Å². The molecule has 0 amide bonds. The van der Waals surface area contributed by atoms with E-state index in [0.717, 1.165) is 43.5 Å². The van der Waals surface area contributed by atoms with Gasteiger partial charge in [0.05, 0.1) is 11.6 Å². The molecule has 3 heteroatoms. The third-order valence-corrected chi connectivity index (χ3v) is 3.98. The van der Waals surface area contributed by atoms with Gasteiger partial charge in [-0.3, -0.25) is 0 Å². The molecular formula is C16H24FNO. The van der Waals surface area contributed by atoms with E-state index in [4.69, 9.17) is 4.74 Å². The van der Waals surface area contributed by atoms with Gasteiger partial charge in [-0.1, -0.05) is 24.6 Å². The molecule has 0 bridgehead atoms. The lowest BCUT2D eigenvalue weighted by Crippen LogP contribution is -2.46. The average Bonchev–Trinajstić information content (AvgIpc) is 2.40. The molecular weight excluding hydrogens is 241 g/mol. The molecule has 2 unspecified atom stereocenters. The van der Waals surface area contributed by atoms with Gasteiger partial charge in [0.25, 0.3) is 0 Å². The van der Waals surface area contributed by atoms with Gasteiger partial charge >= 0.3 is 0 Å². The molecule has 0 radical (unpaired) electrons. The van der Waals surface area contributed by atoms with Crippen molar-refractivity contribution in [1.29, 1.82) is 0 Å². The van der Waals surface area contributed by atoms with E-state index in [0.29, 0.717) is 0 Å². The zero-order valence-electron chi connectivity index (χ0n) is 12.1. The summed E-state index contributed by atoms with van der Waals surface area (Å²) < 4.78 is 20.2. The van der Waals surface area contributed by atoms with Crippen molar-refractivity contribution in [2.45, 2.75) is 51.7 Å². The van der Waals surface area contributed by atoms with E-state index in [1.807, 2.05) is 26.0 Å². The Kier molecular flexibility index (Phi) is 4.58. The minimum Gasteiger partial charge on any atom is -0.373 e. The molecule has 2 rings (SSSR count). The maximum Gasteiger partial charge on any atom is 0.128 e. The monoisotopic (exact) mass is 265 g/mol. The number of nitrogens with one attached hydrogen (secondary N) is 1. The molecule has 106 valence electrons. The van der Waals surface area contributed by atoms with Crippen LogP contribution in [0.5, 0.6) is 0 Å². The molecule has 0 spiro atoms. The van der Waals surface area contributed by atoms with Crippen molar-refractivity contribution in [1.82, 2.24) is 5.32 Å². The topological polar surface area (TPSA) is 21.3 Å². The van der Waals surface area contributed by atoms with Crippen molar-refractivity contribution in [3.63, 3.8) is 0 Å². The van der Waals surface area contributed by atoms with Crippen LogP contribution in [0.1, 0.15) is 50.3 Å². The van der Waals surface area contributed by atoms with Crippen molar-refractivity contribution in [3.05, 3.63) is 35.1 Å². The van der Waals surface area contributed by atoms with Crippen LogP contribution in [-0.4, -0.2) is 18.8 Å². The summed E-state index contributed by atoms with van der Waals surface area (Å²) >= 11 is 0. The molecule has 1 aromatic rings. The normalized spacial score (nSPS) is 25.3. The van der Waals surface area contributed by atoms with Gasteiger partial charge in [0, 0.05) is 12.2 Å². The summed E-state index contributed by atoms with van der Waals surface area (Å²) in [5.41, 5.74) is 1.49. The smallest absolute Gasteiger partial charge is 0.128 e. The van der Waals surface area contributed by atoms with Crippen molar-refractivity contribution < 1.29 is 9.13 Å². The fraction of sp³-hybridized carbons (Fsp3) is 0.625. The molecule has 0 aliphatic carbocycles. The van der Waals surface area contributed by atoms with E-state index in [2.05, 4.69) is 12.2 Å². The minimum absolute atomic E-state index is 0.0855. The standard InChI is InChI=1S/C16H24FNO/c1-4-18-15(16(3)9-5-6-10-19-16)13-11-12(2)7-8-14(13)17/h7-8,11,15,18H,4-6,9-10H2,1-3H3. The highest BCUT2D eigenvalue weighted by Crippen LogP contribution is 2.37. The Morgan fingerprint density at radius 1 is 1.42 bits per heavy atom. The first-order valence-corrected chi connectivity index (χ1v) is 7.20. The third-order valence-electron chi connectivity index (χ3n) is 3.98. The Labute approximate surface area is 115 Å². The number of ether oxygens (including phenoxy) is 1. The molecule has 2 atom stereocenters. The van der Waals surface area contributed by atoms with Crippen molar-refractivity contribution in [2.75, 3.05) is 13.2 Å². The fourth-order valence-corrected chi connectivity index (χ4v) is 2.93. The van der Waals surface area contributed by atoms with E-state index < -0.39 is 0 Å². The van der Waals surface area contributed by atoms with Crippen LogP contribution >= 0.6 is 0 Å². The molecule has 0 aromatic heterocycles. The number of likely N-dealkylation sites (N-methyl/N-ethyl adjacent to an activating group) is 1. The summed E-state index contributed by atoms with van der Waals surface area (Å²) in [5.74, 6) is -0.146. The van der Waals surface area contributed by atoms with Crippen LogP contribution in [0.4, 0.5) is 4.39 Å². The summed E-state index contributed by atoms with van der Waals surface area (Å²) in [7, 11) is 0. The predicted molar refractivity (Wildman–Crippen MR) is 75.8 cm³/mol. The van der Waals surface area contributed by atoms with Crippen LogP contribution in [0.15, 0.2) is 18.2 Å². The summed E-state index contributed by atoms with van der Waals surface area (Å²) in [5, 5.41) is 3.41. The molecule has 1 aromatic carbocycles. The highest BCUT2D eigenvalue weighted by molar-refractivity contribution is 5.29. The van der Waals surface area contributed by atoms with Gasteiger partial charge in [-0.15, -0.1) is 0 Å². The Morgan fingerprint density at radius 2 is 2.21 bits per heavy atom. The minimum atomic E-state index is -0.317. The maximum absolute atomic E-state index is 14.2. The molecule has 19 heavy (non-hydrogen) atoms. The lowest BCUT2D eigenvalue weighted by atomic mass is 9.83. The van der Waals surface area contributed by atoms with Crippen molar-refractivity contribution in [3.8, 4) is 0 Å². The molecule has 0 saturated carbocycles. The van der Waals surface area contributed by atoms with Gasteiger partial charge in [-0.2, -0.15) is 0 Å². The molecule has 1 saturated heterocycles. The van der Waals surface area contributed by atoms with Gasteiger partial charge in [-0.05, 0) is 45.7 Å². The zero-order chi connectivity index (χ0) is 13.9. The average molecular weight is 265 g/mol. The van der Waals surface area contributed by atoms with Crippen LogP contribution in [0, 0.1) is 12.7 Å². The zero-order valence-corrected chi connectivity index (χ0v) is 12.1. The number of hydrogen-bond donors (Lipinski definition) is 1. The van der Waals surface area contributed by atoms with E-state index in [9.17, 15) is 4.39 Å². The van der Waals surface area contributed by atoms with Gasteiger partial charge in [0.15, 0.2) is 0 Å². The van der Waals surface area contributed by atoms with Crippen LogP contribution in [-0.2, 0) is 4.74 Å². The van der Waals surface area contributed by atoms with Gasteiger partial charge in [0.1, 0.15) is 5.82 Å². The first-order chi connectivity index (χ1) is 9.07. The molecule has 1 heterocycles. The highest BCUT2D eigenvalue weighted by Gasteiger charge is 2.38. The Morgan fingerprint density at radius 3 is 2.84 bits per heavy atom. The summed E-state index contributed by atoms with van der Waals surface area (Å²) in [6.45, 7) is 7.72. The number of halogens is 1. The highest BCUT2D eigenvalue weighted by atomic mass is 19.1. The van der Waals surface area contributed by atoms with E-state index in [-0.39, 0.29) is 17.5 Å². The molecule has 1 N–H and O–H groups in total. The lowest BCUT2D eigenvalue weighted by molar-refractivity contribution is -0.0901. The number of rotatable bonds is 4. The van der Waals surface area contributed by atoms with Gasteiger partial charge in [-0.25, -0.2) is 4.39 Å². The molecule has 2 nitrogen and oxygen atoms in total. The third kappa shape index (κ3) is 3.15. The second-order valence-corrected chi connectivity index (χ2v) is 5.63. The Hall–Kier alpha value is -0.930. The van der Waals surface area contributed by atoms with E-state index >= 15 is 0 Å². The first kappa shape index (κ1) is 14.5. The summed E-state index contributed by atoms with van der Waals surface area (Å²) in [6.07, 6.45) is 3.22. The number of aryl methyl sites for hydroxylation is 1. The Balaban J connectivity index is 2.35. The maximum atomic E-state index is 14.2. The van der Waals surface area contributed by atoms with E-state index in [1.54, 1.807) is 6.07 Å². The van der Waals surface area contributed by atoms with Crippen LogP contribution in [0.25, 0.3) is 0 Å². The lowest BCUT2D eigenvalue weighted by Gasteiger charge is -2.41. The second kappa shape index (κ2) is 6.02. The summed E-state index contributed by atoms with van der Waals surface area (Å²) in [4.78, 5) is 0. The molecule has 1 aliphatic rings. The largest absolute Gasteiger partial charge is 0.373 e. The predicted octanol–water partition coefficient (Wildman–Crippen LogP) is 3.74. The van der Waals surface area contributed by atoms with Gasteiger partial charge < -0.3 is 10.1 Å². The number of hydrogen-bond acceptors (Lipinski definition) is 2. The van der Waals surface area contributed by atoms with Gasteiger partial charge in [0.2, 0.25) is 0 Å². The van der Waals surface area contributed by atoms with E-state index in [1.165, 1.54) is 0 Å². The molecule has 1 aliphatic heterocycles. The Bertz CT molecular complexity index is 427. The molecule has 1 fully saturated rings.